The highest BCUT2D eigenvalue weighted by Gasteiger charge is 2.26. The van der Waals surface area contributed by atoms with Crippen molar-refractivity contribution in [1.82, 2.24) is 4.90 Å². The molecule has 1 aliphatic rings. The van der Waals surface area contributed by atoms with Gasteiger partial charge in [0.15, 0.2) is 0 Å². The van der Waals surface area contributed by atoms with Crippen molar-refractivity contribution in [3.05, 3.63) is 94.5 Å². The molecule has 0 unspecified atom stereocenters. The van der Waals surface area contributed by atoms with Gasteiger partial charge in [0.25, 0.3) is 0 Å². The summed E-state index contributed by atoms with van der Waals surface area (Å²) >= 11 is 0. The van der Waals surface area contributed by atoms with Gasteiger partial charge in [-0.3, -0.25) is 15.0 Å². The molecule has 0 N–H and O–H groups in total. The lowest BCUT2D eigenvalue weighted by atomic mass is 10.0. The van der Waals surface area contributed by atoms with E-state index in [4.69, 9.17) is 4.42 Å². The van der Waals surface area contributed by atoms with Gasteiger partial charge in [-0.2, -0.15) is 0 Å². The van der Waals surface area contributed by atoms with Gasteiger partial charge in [0.2, 0.25) is 0 Å². The number of hydrogen-bond acceptors (Lipinski definition) is 5. The molecule has 5 rings (SSSR count). The smallest absolute Gasteiger partial charge is 0.400 e. The molecule has 0 amide bonds. The minimum absolute atomic E-state index is 0.199. The average Bonchev–Trinajstić information content (AvgIpc) is 3.20. The number of piperazine rings is 1. The summed E-state index contributed by atoms with van der Waals surface area (Å²) in [5, 5.41) is 12.4. The Morgan fingerprint density at radius 1 is 0.871 bits per heavy atom. The Labute approximate surface area is 180 Å². The summed E-state index contributed by atoms with van der Waals surface area (Å²) < 4.78 is 5.60. The van der Waals surface area contributed by atoms with Crippen LogP contribution in [0, 0.1) is 10.1 Å². The standard InChI is InChI=1S/C25H23N3O3/c29-28(30)25-24(20-7-3-1-4-8-20)22-17-19(11-12-23(22)31-25)18-26-13-15-27(16-14-26)21-9-5-2-6-10-21/h1-12,17H,13-16,18H2. The van der Waals surface area contributed by atoms with Crippen LogP contribution in [-0.4, -0.2) is 36.0 Å². The second-order valence-electron chi connectivity index (χ2n) is 7.83. The van der Waals surface area contributed by atoms with E-state index in [1.165, 1.54) is 5.69 Å². The van der Waals surface area contributed by atoms with Crippen LogP contribution in [-0.2, 0) is 6.54 Å². The van der Waals surface area contributed by atoms with E-state index in [-0.39, 0.29) is 5.88 Å². The molecule has 0 atom stereocenters. The van der Waals surface area contributed by atoms with Gasteiger partial charge in [-0.15, -0.1) is 0 Å². The summed E-state index contributed by atoms with van der Waals surface area (Å²) in [6, 6.07) is 25.8. The number of benzene rings is 3. The van der Waals surface area contributed by atoms with Crippen LogP contribution in [0.25, 0.3) is 22.1 Å². The molecule has 1 saturated heterocycles. The maximum atomic E-state index is 11.6. The predicted molar refractivity (Wildman–Crippen MR) is 122 cm³/mol. The second kappa shape index (κ2) is 8.24. The van der Waals surface area contributed by atoms with Gasteiger partial charge < -0.3 is 9.32 Å². The van der Waals surface area contributed by atoms with Crippen molar-refractivity contribution in [2.75, 3.05) is 31.1 Å². The summed E-state index contributed by atoms with van der Waals surface area (Å²) in [4.78, 5) is 16.0. The lowest BCUT2D eigenvalue weighted by Gasteiger charge is -2.36. The van der Waals surface area contributed by atoms with Gasteiger partial charge in [-0.05, 0) is 35.4 Å². The molecule has 4 aromatic rings. The van der Waals surface area contributed by atoms with Crippen LogP contribution in [0.3, 0.4) is 0 Å². The number of rotatable bonds is 5. The van der Waals surface area contributed by atoms with Gasteiger partial charge >= 0.3 is 5.88 Å². The summed E-state index contributed by atoms with van der Waals surface area (Å²) in [7, 11) is 0. The zero-order chi connectivity index (χ0) is 21.2. The molecule has 0 aliphatic carbocycles. The van der Waals surface area contributed by atoms with E-state index < -0.39 is 4.92 Å². The molecule has 156 valence electrons. The minimum Gasteiger partial charge on any atom is -0.400 e. The number of nitro groups is 1. The van der Waals surface area contributed by atoms with Crippen LogP contribution in [0.1, 0.15) is 5.56 Å². The molecule has 1 aromatic heterocycles. The zero-order valence-electron chi connectivity index (χ0n) is 17.1. The number of hydrogen-bond donors (Lipinski definition) is 0. The van der Waals surface area contributed by atoms with Crippen molar-refractivity contribution in [1.29, 1.82) is 0 Å². The Balaban J connectivity index is 1.38. The zero-order valence-corrected chi connectivity index (χ0v) is 17.1. The Morgan fingerprint density at radius 2 is 1.55 bits per heavy atom. The molecule has 1 fully saturated rings. The van der Waals surface area contributed by atoms with E-state index in [1.807, 2.05) is 54.6 Å². The fourth-order valence-corrected chi connectivity index (χ4v) is 4.30. The van der Waals surface area contributed by atoms with Crippen LogP contribution >= 0.6 is 0 Å². The van der Waals surface area contributed by atoms with Gasteiger partial charge in [0.1, 0.15) is 16.1 Å². The second-order valence-corrected chi connectivity index (χ2v) is 7.83. The van der Waals surface area contributed by atoms with E-state index in [0.717, 1.165) is 49.2 Å². The van der Waals surface area contributed by atoms with Gasteiger partial charge in [0.05, 0.1) is 0 Å². The molecular weight excluding hydrogens is 390 g/mol. The van der Waals surface area contributed by atoms with Gasteiger partial charge in [0, 0.05) is 43.8 Å². The number of fused-ring (bicyclic) bond motifs is 1. The van der Waals surface area contributed by atoms with Crippen molar-refractivity contribution < 1.29 is 9.34 Å². The molecule has 6 heteroatoms. The van der Waals surface area contributed by atoms with Crippen LogP contribution in [0.2, 0.25) is 0 Å². The molecule has 0 bridgehead atoms. The maximum absolute atomic E-state index is 11.6. The molecule has 0 saturated carbocycles. The molecule has 0 radical (unpaired) electrons. The van der Waals surface area contributed by atoms with E-state index in [0.29, 0.717) is 11.1 Å². The topological polar surface area (TPSA) is 62.8 Å². The van der Waals surface area contributed by atoms with Crippen LogP contribution in [0.4, 0.5) is 11.6 Å². The third-order valence-corrected chi connectivity index (χ3v) is 5.86. The van der Waals surface area contributed by atoms with E-state index in [9.17, 15) is 10.1 Å². The van der Waals surface area contributed by atoms with Gasteiger partial charge in [-0.25, -0.2) is 0 Å². The van der Waals surface area contributed by atoms with Crippen LogP contribution in [0.15, 0.2) is 83.3 Å². The lowest BCUT2D eigenvalue weighted by molar-refractivity contribution is -0.400. The minimum atomic E-state index is -0.440. The number of furan rings is 1. The Morgan fingerprint density at radius 3 is 2.23 bits per heavy atom. The largest absolute Gasteiger partial charge is 0.442 e. The highest BCUT2D eigenvalue weighted by molar-refractivity contribution is 5.98. The molecule has 6 nitrogen and oxygen atoms in total. The third-order valence-electron chi connectivity index (χ3n) is 5.86. The maximum Gasteiger partial charge on any atom is 0.442 e. The van der Waals surface area contributed by atoms with Crippen molar-refractivity contribution in [2.45, 2.75) is 6.54 Å². The molecule has 0 spiro atoms. The molecule has 1 aliphatic heterocycles. The lowest BCUT2D eigenvalue weighted by Crippen LogP contribution is -2.45. The summed E-state index contributed by atoms with van der Waals surface area (Å²) in [5.74, 6) is -0.199. The summed E-state index contributed by atoms with van der Waals surface area (Å²) in [6.07, 6.45) is 0. The fourth-order valence-electron chi connectivity index (χ4n) is 4.30. The summed E-state index contributed by atoms with van der Waals surface area (Å²) in [5.41, 5.74) is 4.29. The molecule has 3 aromatic carbocycles. The van der Waals surface area contributed by atoms with E-state index in [2.05, 4.69) is 34.1 Å². The first-order valence-corrected chi connectivity index (χ1v) is 10.5. The number of anilines is 1. The van der Waals surface area contributed by atoms with Crippen molar-refractivity contribution in [3.63, 3.8) is 0 Å². The highest BCUT2D eigenvalue weighted by Crippen LogP contribution is 2.40. The third kappa shape index (κ3) is 3.90. The summed E-state index contributed by atoms with van der Waals surface area (Å²) in [6.45, 7) is 4.73. The fraction of sp³-hybridized carbons (Fsp3) is 0.200. The first-order chi connectivity index (χ1) is 15.2. The quantitative estimate of drug-likeness (QED) is 0.327. The Hall–Kier alpha value is -3.64. The molecule has 2 heterocycles. The predicted octanol–water partition coefficient (Wildman–Crippen LogP) is 5.33. The number of nitrogens with zero attached hydrogens (tertiary/aromatic N) is 3. The van der Waals surface area contributed by atoms with Crippen molar-refractivity contribution in [3.8, 4) is 11.1 Å². The normalized spacial score (nSPS) is 14.8. The monoisotopic (exact) mass is 413 g/mol. The first kappa shape index (κ1) is 19.3. The van der Waals surface area contributed by atoms with Crippen molar-refractivity contribution >= 4 is 22.5 Å². The van der Waals surface area contributed by atoms with Gasteiger partial charge in [-0.1, -0.05) is 54.6 Å². The Kier molecular flexibility index (Phi) is 5.14. The van der Waals surface area contributed by atoms with Crippen LogP contribution in [0.5, 0.6) is 0 Å². The average molecular weight is 413 g/mol. The van der Waals surface area contributed by atoms with Crippen LogP contribution < -0.4 is 4.90 Å². The molecule has 31 heavy (non-hydrogen) atoms. The van der Waals surface area contributed by atoms with E-state index >= 15 is 0 Å². The first-order valence-electron chi connectivity index (χ1n) is 10.5. The molecular formula is C25H23N3O3. The highest BCUT2D eigenvalue weighted by atomic mass is 16.6. The SMILES string of the molecule is O=[N+]([O-])c1oc2ccc(CN3CCN(c4ccccc4)CC3)cc2c1-c1ccccc1. The number of para-hydroxylation sites is 1. The van der Waals surface area contributed by atoms with E-state index in [1.54, 1.807) is 0 Å². The Bertz CT molecular complexity index is 1200. The van der Waals surface area contributed by atoms with Crippen molar-refractivity contribution in [2.24, 2.45) is 0 Å².